The maximum Gasteiger partial charge on any atom is 0.418 e. The fraction of sp³-hybridized carbons (Fsp3) is 0.300. The van der Waals surface area contributed by atoms with E-state index in [1.165, 1.54) is 30.0 Å². The van der Waals surface area contributed by atoms with Gasteiger partial charge in [0.1, 0.15) is 0 Å². The first-order valence-electron chi connectivity index (χ1n) is 17.6. The molecule has 0 spiro atoms. The van der Waals surface area contributed by atoms with Crippen LogP contribution in [0.15, 0.2) is 94.7 Å². The van der Waals surface area contributed by atoms with E-state index in [0.717, 1.165) is 43.5 Å². The molecule has 6 unspecified atom stereocenters. The molecule has 4 aliphatic rings. The zero-order valence-electron chi connectivity index (χ0n) is 28.6. The monoisotopic (exact) mass is 771 g/mol. The van der Waals surface area contributed by atoms with Crippen molar-refractivity contribution >= 4 is 63.0 Å². The number of hydrogen-bond donors (Lipinski definition) is 2. The highest BCUT2D eigenvalue weighted by molar-refractivity contribution is 8.00. The number of imide groups is 1. The average Bonchev–Trinajstić information content (AvgIpc) is 3.89. The predicted octanol–water partition coefficient (Wildman–Crippen LogP) is 7.70. The minimum atomic E-state index is -4.75. The van der Waals surface area contributed by atoms with Gasteiger partial charge in [-0.2, -0.15) is 13.2 Å². The summed E-state index contributed by atoms with van der Waals surface area (Å²) in [4.78, 5) is 58.1. The number of aromatic amines is 1. The summed E-state index contributed by atoms with van der Waals surface area (Å²) < 4.78 is 54.2. The van der Waals surface area contributed by atoms with E-state index >= 15 is 0 Å². The van der Waals surface area contributed by atoms with Crippen LogP contribution in [0.5, 0.6) is 11.5 Å². The molecule has 54 heavy (non-hydrogen) atoms. The van der Waals surface area contributed by atoms with Crippen LogP contribution in [0, 0.1) is 29.6 Å². The number of aromatic nitrogens is 1. The molecular weight excluding hydrogens is 740 g/mol. The van der Waals surface area contributed by atoms with Crippen molar-refractivity contribution in [2.45, 2.75) is 35.7 Å². The van der Waals surface area contributed by atoms with Gasteiger partial charge in [0.05, 0.1) is 34.7 Å². The molecule has 7 atom stereocenters. The third kappa shape index (κ3) is 5.60. The topological polar surface area (TPSA) is 118 Å². The molecule has 9 nitrogen and oxygen atoms in total. The van der Waals surface area contributed by atoms with Crippen LogP contribution in [0.2, 0.25) is 0 Å². The van der Waals surface area contributed by atoms with Gasteiger partial charge in [-0.25, -0.2) is 4.90 Å². The molecular formula is C40H32F3N3O6S2. The van der Waals surface area contributed by atoms with Crippen molar-refractivity contribution < 1.29 is 37.0 Å². The maximum absolute atomic E-state index is 14.1. The lowest BCUT2D eigenvalue weighted by molar-refractivity contribution is -0.137. The number of alkyl halides is 3. The highest BCUT2D eigenvalue weighted by Crippen LogP contribution is 2.69. The first-order valence-corrected chi connectivity index (χ1v) is 19.3. The molecule has 2 aliphatic heterocycles. The Hall–Kier alpha value is -5.08. The lowest BCUT2D eigenvalue weighted by Gasteiger charge is -2.43. The van der Waals surface area contributed by atoms with Crippen molar-refractivity contribution in [3.8, 4) is 11.5 Å². The van der Waals surface area contributed by atoms with Gasteiger partial charge >= 0.3 is 11.0 Å². The van der Waals surface area contributed by atoms with Crippen molar-refractivity contribution in [3.05, 3.63) is 111 Å². The van der Waals surface area contributed by atoms with E-state index in [1.54, 1.807) is 6.07 Å². The lowest BCUT2D eigenvalue weighted by atomic mass is 9.68. The van der Waals surface area contributed by atoms with E-state index in [2.05, 4.69) is 10.3 Å². The zero-order valence-corrected chi connectivity index (χ0v) is 30.2. The van der Waals surface area contributed by atoms with E-state index in [9.17, 15) is 32.3 Å². The van der Waals surface area contributed by atoms with Crippen LogP contribution in [0.4, 0.5) is 24.5 Å². The summed E-state index contributed by atoms with van der Waals surface area (Å²) in [7, 11) is 0. The number of carbonyl (C=O) groups excluding carboxylic acids is 3. The summed E-state index contributed by atoms with van der Waals surface area (Å²) in [5, 5.41) is 5.44. The van der Waals surface area contributed by atoms with Gasteiger partial charge in [0.15, 0.2) is 18.1 Å². The number of benzene rings is 4. The third-order valence-corrected chi connectivity index (χ3v) is 13.8. The predicted molar refractivity (Wildman–Crippen MR) is 198 cm³/mol. The SMILES string of the molecule is CCOc1cc([C@H]2c3sc(=O)[nH]c3SC3C4CC(C5C(=O)N(c6ccccc6C(F)(F)F)C(=O)C45)C32)ccc1OCC(=O)Nc1ccc2ccccc2c1. The molecule has 2 bridgehead atoms. The molecule has 2 aliphatic carbocycles. The number of H-pyrrole nitrogens is 1. The number of thioether (sulfide) groups is 1. The van der Waals surface area contributed by atoms with Gasteiger partial charge in [0.2, 0.25) is 11.8 Å². The van der Waals surface area contributed by atoms with Crippen LogP contribution >= 0.6 is 23.1 Å². The Morgan fingerprint density at radius 1 is 0.889 bits per heavy atom. The Labute approximate surface area is 314 Å². The van der Waals surface area contributed by atoms with Crippen molar-refractivity contribution in [2.24, 2.45) is 29.6 Å². The molecule has 4 aromatic carbocycles. The number of rotatable bonds is 8. The number of para-hydroxylation sites is 1. The number of nitrogens with zero attached hydrogens (tertiary/aromatic N) is 1. The van der Waals surface area contributed by atoms with Crippen LogP contribution in [0.3, 0.4) is 0 Å². The summed E-state index contributed by atoms with van der Waals surface area (Å²) in [6.45, 7) is 1.85. The van der Waals surface area contributed by atoms with Gasteiger partial charge in [-0.15, -0.1) is 11.8 Å². The normalized spacial score (nSPS) is 25.4. The van der Waals surface area contributed by atoms with Gasteiger partial charge < -0.3 is 19.8 Å². The van der Waals surface area contributed by atoms with Crippen LogP contribution in [0.25, 0.3) is 10.8 Å². The largest absolute Gasteiger partial charge is 0.490 e. The maximum atomic E-state index is 14.1. The van der Waals surface area contributed by atoms with Gasteiger partial charge in [-0.1, -0.05) is 59.9 Å². The minimum absolute atomic E-state index is 0.168. The van der Waals surface area contributed by atoms with E-state index < -0.39 is 41.1 Å². The summed E-state index contributed by atoms with van der Waals surface area (Å²) in [6.07, 6.45) is -4.18. The number of hydrogen-bond acceptors (Lipinski definition) is 8. The summed E-state index contributed by atoms with van der Waals surface area (Å²) in [6, 6.07) is 23.6. The highest BCUT2D eigenvalue weighted by atomic mass is 32.2. The number of amides is 3. The van der Waals surface area contributed by atoms with Crippen LogP contribution < -0.4 is 24.6 Å². The third-order valence-electron chi connectivity index (χ3n) is 11.2. The van der Waals surface area contributed by atoms with E-state index in [-0.39, 0.29) is 46.3 Å². The molecule has 14 heteroatoms. The second-order valence-electron chi connectivity index (χ2n) is 14.0. The summed E-state index contributed by atoms with van der Waals surface area (Å²) >= 11 is 2.58. The number of carbonyl (C=O) groups is 3. The average molecular weight is 772 g/mol. The Kier molecular flexibility index (Phi) is 8.38. The molecule has 2 saturated carbocycles. The fourth-order valence-corrected chi connectivity index (χ4v) is 12.1. The summed E-state index contributed by atoms with van der Waals surface area (Å²) in [5.74, 6) is -3.48. The molecule has 1 saturated heterocycles. The second kappa shape index (κ2) is 13.0. The molecule has 5 aromatic rings. The number of halogens is 3. The van der Waals surface area contributed by atoms with Gasteiger partial charge in [0.25, 0.3) is 5.91 Å². The van der Waals surface area contributed by atoms with Crippen molar-refractivity contribution in [2.75, 3.05) is 23.4 Å². The van der Waals surface area contributed by atoms with Crippen LogP contribution in [-0.4, -0.2) is 41.2 Å². The Morgan fingerprint density at radius 3 is 2.41 bits per heavy atom. The second-order valence-corrected chi connectivity index (χ2v) is 16.2. The molecule has 9 rings (SSSR count). The van der Waals surface area contributed by atoms with Crippen LogP contribution in [-0.2, 0) is 20.6 Å². The molecule has 2 N–H and O–H groups in total. The van der Waals surface area contributed by atoms with Crippen molar-refractivity contribution in [1.29, 1.82) is 0 Å². The minimum Gasteiger partial charge on any atom is -0.490 e. The standard InChI is InChI=1S/C40H32F3N3O6S2/c1-2-51-28-16-21(12-14-27(28)52-18-29(47)44-22-13-11-19-7-3-4-8-20(19)15-22)30-31-23-17-24(34(31)53-36-35(30)54-39(50)45-36)33-32(23)37(48)46(38(33)49)26-10-6-5-9-25(26)40(41,42)43/h3-16,23-24,30-34H,2,17-18H2,1H3,(H,44,47)(H,45,50)/t23?,24?,30-,31?,32?,33?,34?/m1/s1. The van der Waals surface area contributed by atoms with Gasteiger partial charge in [0, 0.05) is 21.7 Å². The number of fused-ring (bicyclic) bond motifs is 10. The van der Waals surface area contributed by atoms with E-state index in [0.29, 0.717) is 35.2 Å². The Morgan fingerprint density at radius 2 is 1.63 bits per heavy atom. The van der Waals surface area contributed by atoms with Crippen molar-refractivity contribution in [1.82, 2.24) is 4.98 Å². The molecule has 3 heterocycles. The number of ether oxygens (including phenoxy) is 2. The lowest BCUT2D eigenvalue weighted by Crippen LogP contribution is -2.42. The summed E-state index contributed by atoms with van der Waals surface area (Å²) in [5.41, 5.74) is -0.0250. The van der Waals surface area contributed by atoms with Gasteiger partial charge in [-0.05, 0) is 83.8 Å². The zero-order chi connectivity index (χ0) is 37.5. The Bertz CT molecular complexity index is 2410. The molecule has 276 valence electrons. The quantitative estimate of drug-likeness (QED) is 0.155. The number of thiazole rings is 1. The molecule has 0 radical (unpaired) electrons. The van der Waals surface area contributed by atoms with Gasteiger partial charge in [-0.3, -0.25) is 19.2 Å². The number of nitrogens with one attached hydrogen (secondary N) is 2. The first-order chi connectivity index (χ1) is 26.0. The fourth-order valence-electron chi connectivity index (χ4n) is 9.25. The van der Waals surface area contributed by atoms with E-state index in [4.69, 9.17) is 9.47 Å². The Balaban J connectivity index is 1.01. The molecule has 1 aromatic heterocycles. The highest BCUT2D eigenvalue weighted by Gasteiger charge is 2.70. The smallest absolute Gasteiger partial charge is 0.418 e. The van der Waals surface area contributed by atoms with Crippen molar-refractivity contribution in [3.63, 3.8) is 0 Å². The van der Waals surface area contributed by atoms with Crippen LogP contribution in [0.1, 0.15) is 35.3 Å². The molecule has 3 amide bonds. The van der Waals surface area contributed by atoms with E-state index in [1.807, 2.05) is 61.5 Å². The molecule has 3 fully saturated rings. The first kappa shape index (κ1) is 34.7. The number of anilines is 2.